The van der Waals surface area contributed by atoms with Gasteiger partial charge >= 0.3 is 0 Å². The van der Waals surface area contributed by atoms with E-state index < -0.39 is 5.82 Å². The normalized spacial score (nSPS) is 20.6. The fourth-order valence-corrected chi connectivity index (χ4v) is 5.24. The molecule has 2 fully saturated rings. The first-order valence-corrected chi connectivity index (χ1v) is 12.2. The molecule has 3 N–H and O–H groups in total. The number of fused-ring (bicyclic) bond motifs is 2. The maximum Gasteiger partial charge on any atom is 0.248 e. The van der Waals surface area contributed by atoms with Crippen LogP contribution >= 0.6 is 11.6 Å². The number of nitriles is 1. The summed E-state index contributed by atoms with van der Waals surface area (Å²) in [5, 5.41) is 25.5. The Morgan fingerprint density at radius 1 is 1.35 bits per heavy atom. The van der Waals surface area contributed by atoms with E-state index >= 15 is 0 Å². The number of carbonyl (C=O) groups excluding carboxylic acids is 1. The third-order valence-electron chi connectivity index (χ3n) is 7.05. The number of halogens is 2. The Labute approximate surface area is 218 Å². The minimum absolute atomic E-state index is 0.0533. The van der Waals surface area contributed by atoms with Gasteiger partial charge in [0.2, 0.25) is 5.91 Å². The van der Waals surface area contributed by atoms with Crippen molar-refractivity contribution in [1.82, 2.24) is 9.88 Å². The summed E-state index contributed by atoms with van der Waals surface area (Å²) in [7, 11) is 1.49. The minimum Gasteiger partial charge on any atom is -0.494 e. The number of ether oxygens (including phenoxy) is 1. The van der Waals surface area contributed by atoms with E-state index in [2.05, 4.69) is 26.6 Å². The fraction of sp³-hybridized carbons (Fsp3) is 0.296. The second kappa shape index (κ2) is 10.3. The van der Waals surface area contributed by atoms with Gasteiger partial charge in [0.25, 0.3) is 0 Å². The maximum absolute atomic E-state index is 13.6. The van der Waals surface area contributed by atoms with Crippen LogP contribution in [0, 0.1) is 34.9 Å². The maximum atomic E-state index is 13.6. The number of benzene rings is 2. The molecule has 0 bridgehead atoms. The fourth-order valence-electron chi connectivity index (χ4n) is 5.06. The van der Waals surface area contributed by atoms with Crippen molar-refractivity contribution in [3.05, 3.63) is 65.1 Å². The molecule has 2 heterocycles. The Morgan fingerprint density at radius 2 is 2.14 bits per heavy atom. The monoisotopic (exact) mass is 521 g/mol. The van der Waals surface area contributed by atoms with Crippen LogP contribution in [0.2, 0.25) is 5.02 Å². The third-order valence-corrected chi connectivity index (χ3v) is 7.34. The average molecular weight is 522 g/mol. The first-order valence-electron chi connectivity index (χ1n) is 11.9. The van der Waals surface area contributed by atoms with E-state index in [0.717, 1.165) is 13.1 Å². The molecule has 8 nitrogen and oxygen atoms in total. The van der Waals surface area contributed by atoms with Crippen LogP contribution in [-0.2, 0) is 4.79 Å². The van der Waals surface area contributed by atoms with Crippen LogP contribution < -0.4 is 15.4 Å². The highest BCUT2D eigenvalue weighted by molar-refractivity contribution is 6.31. The molecule has 3 atom stereocenters. The van der Waals surface area contributed by atoms with E-state index in [1.54, 1.807) is 12.1 Å². The molecule has 10 heteroatoms. The molecule has 1 aliphatic heterocycles. The van der Waals surface area contributed by atoms with E-state index in [0.29, 0.717) is 58.0 Å². The molecule has 0 spiro atoms. The Bertz CT molecular complexity index is 1430. The molecule has 2 aromatic carbocycles. The average Bonchev–Trinajstić information content (AvgIpc) is 3.37. The summed E-state index contributed by atoms with van der Waals surface area (Å²) in [4.78, 5) is 19.3. The number of nitrogens with one attached hydrogen (secondary N) is 2. The van der Waals surface area contributed by atoms with Gasteiger partial charge in [-0.15, -0.1) is 0 Å². The molecular weight excluding hydrogens is 497 g/mol. The molecule has 3 aromatic rings. The van der Waals surface area contributed by atoms with Crippen LogP contribution in [0.4, 0.5) is 21.5 Å². The van der Waals surface area contributed by atoms with Crippen LogP contribution in [0.1, 0.15) is 5.56 Å². The standard InChI is InChI=1S/C27H25ClFN5O3/c1-37-25-9-23-17(27(15(10-30)11-31-23)32-16-4-5-22(29)21(28)7-16)8-24(25)33-26(36)3-2-6-34-12-18-19(13-34)20(18)14-35/h2-5,7-9,11,18-20,35H,6,12-14H2,1H3,(H,31,32)(H,33,36)/b3-2+/t18-,19+,20?. The second-order valence-electron chi connectivity index (χ2n) is 9.27. The van der Waals surface area contributed by atoms with Crippen molar-refractivity contribution in [2.75, 3.05) is 44.0 Å². The van der Waals surface area contributed by atoms with Crippen molar-refractivity contribution in [1.29, 1.82) is 5.26 Å². The number of aliphatic hydroxyl groups excluding tert-OH is 1. The van der Waals surface area contributed by atoms with E-state index in [1.807, 2.05) is 6.08 Å². The molecule has 1 aliphatic carbocycles. The predicted octanol–water partition coefficient (Wildman–Crippen LogP) is 4.32. The molecule has 37 heavy (non-hydrogen) atoms. The molecule has 0 radical (unpaired) electrons. The number of hydrogen-bond donors (Lipinski definition) is 3. The van der Waals surface area contributed by atoms with Crippen LogP contribution in [0.3, 0.4) is 0 Å². The summed E-state index contributed by atoms with van der Waals surface area (Å²) in [6.07, 6.45) is 4.74. The molecule has 1 saturated heterocycles. The zero-order chi connectivity index (χ0) is 26.1. The number of piperidine rings is 1. The highest BCUT2D eigenvalue weighted by Crippen LogP contribution is 2.51. The largest absolute Gasteiger partial charge is 0.494 e. The molecule has 2 aliphatic rings. The van der Waals surface area contributed by atoms with Gasteiger partial charge in [0.1, 0.15) is 17.6 Å². The van der Waals surface area contributed by atoms with Crippen LogP contribution in [-0.4, -0.2) is 54.2 Å². The Balaban J connectivity index is 1.36. The number of likely N-dealkylation sites (tertiary alicyclic amines) is 1. The smallest absolute Gasteiger partial charge is 0.248 e. The summed E-state index contributed by atoms with van der Waals surface area (Å²) in [5.74, 6) is 1.14. The molecule has 190 valence electrons. The van der Waals surface area contributed by atoms with Crippen molar-refractivity contribution in [3.63, 3.8) is 0 Å². The number of aliphatic hydroxyl groups is 1. The number of anilines is 3. The molecule has 1 amide bonds. The highest BCUT2D eigenvalue weighted by Gasteiger charge is 2.54. The second-order valence-corrected chi connectivity index (χ2v) is 9.67. The number of carbonyl (C=O) groups is 1. The summed E-state index contributed by atoms with van der Waals surface area (Å²) >= 11 is 5.92. The van der Waals surface area contributed by atoms with Crippen molar-refractivity contribution in [2.45, 2.75) is 0 Å². The minimum atomic E-state index is -0.550. The van der Waals surface area contributed by atoms with Gasteiger partial charge in [-0.2, -0.15) is 5.26 Å². The number of rotatable bonds is 8. The lowest BCUT2D eigenvalue weighted by Crippen LogP contribution is -2.25. The lowest BCUT2D eigenvalue weighted by Gasteiger charge is -2.16. The van der Waals surface area contributed by atoms with Crippen molar-refractivity contribution >= 4 is 45.5 Å². The summed E-state index contributed by atoms with van der Waals surface area (Å²) in [6, 6.07) is 9.64. The van der Waals surface area contributed by atoms with Crippen LogP contribution in [0.5, 0.6) is 5.75 Å². The summed E-state index contributed by atoms with van der Waals surface area (Å²) in [5.41, 5.74) is 2.15. The summed E-state index contributed by atoms with van der Waals surface area (Å²) in [6.45, 7) is 2.82. The zero-order valence-electron chi connectivity index (χ0n) is 20.0. The molecule has 5 rings (SSSR count). The van der Waals surface area contributed by atoms with Gasteiger partial charge in [-0.3, -0.25) is 14.7 Å². The van der Waals surface area contributed by atoms with E-state index in [-0.39, 0.29) is 23.1 Å². The lowest BCUT2D eigenvalue weighted by atomic mass is 10.1. The first-order chi connectivity index (χ1) is 17.9. The van der Waals surface area contributed by atoms with Crippen molar-refractivity contribution in [2.24, 2.45) is 17.8 Å². The molecule has 1 saturated carbocycles. The van der Waals surface area contributed by atoms with Crippen molar-refractivity contribution < 1.29 is 19.0 Å². The Hall–Kier alpha value is -3.71. The van der Waals surface area contributed by atoms with Crippen LogP contribution in [0.15, 0.2) is 48.7 Å². The number of methoxy groups -OCH3 is 1. The topological polar surface area (TPSA) is 111 Å². The van der Waals surface area contributed by atoms with Gasteiger partial charge < -0.3 is 20.5 Å². The van der Waals surface area contributed by atoms with E-state index in [9.17, 15) is 19.6 Å². The molecule has 1 aromatic heterocycles. The van der Waals surface area contributed by atoms with Gasteiger partial charge in [-0.1, -0.05) is 17.7 Å². The molecular formula is C27H25ClFN5O3. The quantitative estimate of drug-likeness (QED) is 0.379. The SMILES string of the molecule is COc1cc2ncc(C#N)c(Nc3ccc(F)c(Cl)c3)c2cc1NC(=O)/C=C/CN1C[C@@H]2C(CO)[C@@H]2C1. The highest BCUT2D eigenvalue weighted by atomic mass is 35.5. The predicted molar refractivity (Wildman–Crippen MR) is 139 cm³/mol. The molecule has 1 unspecified atom stereocenters. The van der Waals surface area contributed by atoms with Gasteiger partial charge in [0.05, 0.1) is 34.6 Å². The van der Waals surface area contributed by atoms with Gasteiger partial charge in [0.15, 0.2) is 0 Å². The van der Waals surface area contributed by atoms with Gasteiger partial charge in [-0.25, -0.2) is 4.39 Å². The number of hydrogen-bond acceptors (Lipinski definition) is 7. The van der Waals surface area contributed by atoms with Gasteiger partial charge in [-0.05, 0) is 42.0 Å². The number of aromatic nitrogens is 1. The van der Waals surface area contributed by atoms with Crippen LogP contribution in [0.25, 0.3) is 10.9 Å². The van der Waals surface area contributed by atoms with E-state index in [4.69, 9.17) is 16.3 Å². The number of nitrogens with zero attached hydrogens (tertiary/aromatic N) is 3. The Morgan fingerprint density at radius 3 is 2.81 bits per heavy atom. The lowest BCUT2D eigenvalue weighted by molar-refractivity contribution is -0.111. The Kier molecular flexibility index (Phi) is 6.98. The van der Waals surface area contributed by atoms with Gasteiger partial charge in [0, 0.05) is 55.7 Å². The first kappa shape index (κ1) is 25.0. The van der Waals surface area contributed by atoms with E-state index in [1.165, 1.54) is 37.6 Å². The number of amides is 1. The number of pyridine rings is 1. The zero-order valence-corrected chi connectivity index (χ0v) is 20.8. The summed E-state index contributed by atoms with van der Waals surface area (Å²) < 4.78 is 19.1. The van der Waals surface area contributed by atoms with Crippen molar-refractivity contribution in [3.8, 4) is 11.8 Å². The third kappa shape index (κ3) is 5.09.